The van der Waals surface area contributed by atoms with Crippen molar-refractivity contribution in [3.8, 4) is 5.69 Å². The smallest absolute Gasteiger partial charge is 0.125 e. The van der Waals surface area contributed by atoms with Crippen LogP contribution in [-0.4, -0.2) is 16.3 Å². The highest BCUT2D eigenvalue weighted by Gasteiger charge is 2.28. The van der Waals surface area contributed by atoms with E-state index in [2.05, 4.69) is 11.2 Å². The molecule has 0 saturated heterocycles. The third-order valence-corrected chi connectivity index (χ3v) is 3.24. The lowest BCUT2D eigenvalue weighted by Crippen LogP contribution is -2.05. The van der Waals surface area contributed by atoms with E-state index < -0.39 is 0 Å². The second kappa shape index (κ2) is 4.53. The van der Waals surface area contributed by atoms with Gasteiger partial charge in [0.05, 0.1) is 11.4 Å². The minimum atomic E-state index is -0.231. The Hall–Kier alpha value is -1.68. The zero-order valence-electron chi connectivity index (χ0n) is 10.1. The van der Waals surface area contributed by atoms with Crippen molar-refractivity contribution in [3.63, 3.8) is 0 Å². The normalized spacial score (nSPS) is 15.0. The van der Waals surface area contributed by atoms with E-state index in [0.717, 1.165) is 17.8 Å². The minimum absolute atomic E-state index is 0.231. The number of nitrogens with zero attached hydrogens (tertiary/aromatic N) is 2. The van der Waals surface area contributed by atoms with Gasteiger partial charge >= 0.3 is 0 Å². The topological polar surface area (TPSA) is 43.8 Å². The molecule has 0 unspecified atom stereocenters. The first-order valence-electron chi connectivity index (χ1n) is 6.33. The Morgan fingerprint density at radius 1 is 1.33 bits per heavy atom. The Labute approximate surface area is 105 Å². The molecule has 1 aromatic carbocycles. The van der Waals surface area contributed by atoms with Crippen LogP contribution in [0.3, 0.4) is 0 Å². The summed E-state index contributed by atoms with van der Waals surface area (Å²) in [5.74, 6) is 0.345. The van der Waals surface area contributed by atoms with Crippen LogP contribution in [0.15, 0.2) is 30.3 Å². The van der Waals surface area contributed by atoms with E-state index in [-0.39, 0.29) is 5.82 Å². The molecule has 2 N–H and O–H groups in total. The molecule has 2 aromatic rings. The van der Waals surface area contributed by atoms with Crippen LogP contribution in [0, 0.1) is 5.82 Å². The van der Waals surface area contributed by atoms with Crippen LogP contribution in [0.2, 0.25) is 0 Å². The summed E-state index contributed by atoms with van der Waals surface area (Å²) < 4.78 is 15.2. The van der Waals surface area contributed by atoms with Gasteiger partial charge in [0.25, 0.3) is 0 Å². The Balaban J connectivity index is 2.03. The molecule has 0 spiro atoms. The van der Waals surface area contributed by atoms with Crippen LogP contribution >= 0.6 is 0 Å². The minimum Gasteiger partial charge on any atom is -0.330 e. The van der Waals surface area contributed by atoms with Crippen molar-refractivity contribution in [2.24, 2.45) is 5.73 Å². The average Bonchev–Trinajstić information content (AvgIpc) is 3.11. The Bertz CT molecular complexity index is 558. The largest absolute Gasteiger partial charge is 0.330 e. The van der Waals surface area contributed by atoms with Crippen molar-refractivity contribution in [2.75, 3.05) is 6.54 Å². The molecule has 0 radical (unpaired) electrons. The molecule has 1 saturated carbocycles. The lowest BCUT2D eigenvalue weighted by Gasteiger charge is -2.06. The molecule has 0 amide bonds. The lowest BCUT2D eigenvalue weighted by molar-refractivity contribution is 0.624. The fraction of sp³-hybridized carbons (Fsp3) is 0.357. The first-order chi connectivity index (χ1) is 8.78. The van der Waals surface area contributed by atoms with Gasteiger partial charge in [0.1, 0.15) is 5.82 Å². The number of halogens is 1. The van der Waals surface area contributed by atoms with Gasteiger partial charge in [0.2, 0.25) is 0 Å². The molecule has 1 aliphatic rings. The molecule has 3 nitrogen and oxygen atoms in total. The van der Waals surface area contributed by atoms with Gasteiger partial charge in [0.15, 0.2) is 0 Å². The number of rotatable bonds is 4. The SMILES string of the molecule is NCCc1cc(C2CC2)n(-c2cccc(F)c2)n1. The third-order valence-electron chi connectivity index (χ3n) is 3.24. The summed E-state index contributed by atoms with van der Waals surface area (Å²) >= 11 is 0. The highest BCUT2D eigenvalue weighted by atomic mass is 19.1. The Morgan fingerprint density at radius 2 is 2.17 bits per heavy atom. The molecule has 1 aromatic heterocycles. The number of hydrogen-bond acceptors (Lipinski definition) is 2. The van der Waals surface area contributed by atoms with Gasteiger partial charge in [-0.05, 0) is 43.7 Å². The zero-order valence-corrected chi connectivity index (χ0v) is 10.1. The maximum atomic E-state index is 13.3. The summed E-state index contributed by atoms with van der Waals surface area (Å²) in [5, 5.41) is 4.54. The highest BCUT2D eigenvalue weighted by Crippen LogP contribution is 2.41. The summed E-state index contributed by atoms with van der Waals surface area (Å²) in [6, 6.07) is 8.67. The van der Waals surface area contributed by atoms with Crippen LogP contribution in [0.1, 0.15) is 30.1 Å². The van der Waals surface area contributed by atoms with E-state index >= 15 is 0 Å². The molecule has 0 atom stereocenters. The van der Waals surface area contributed by atoms with E-state index in [1.807, 2.05) is 10.7 Å². The highest BCUT2D eigenvalue weighted by molar-refractivity contribution is 5.36. The average molecular weight is 245 g/mol. The fourth-order valence-corrected chi connectivity index (χ4v) is 2.20. The summed E-state index contributed by atoms with van der Waals surface area (Å²) in [7, 11) is 0. The van der Waals surface area contributed by atoms with Gasteiger partial charge in [-0.25, -0.2) is 9.07 Å². The molecule has 1 heterocycles. The molecule has 94 valence electrons. The summed E-state index contributed by atoms with van der Waals surface area (Å²) in [5.41, 5.74) is 8.53. The van der Waals surface area contributed by atoms with Crippen LogP contribution in [0.5, 0.6) is 0 Å². The van der Waals surface area contributed by atoms with Crippen molar-refractivity contribution >= 4 is 0 Å². The second-order valence-electron chi connectivity index (χ2n) is 4.77. The molecular weight excluding hydrogens is 229 g/mol. The lowest BCUT2D eigenvalue weighted by atomic mass is 10.2. The van der Waals surface area contributed by atoms with E-state index in [9.17, 15) is 4.39 Å². The third kappa shape index (κ3) is 2.16. The van der Waals surface area contributed by atoms with E-state index in [0.29, 0.717) is 12.5 Å². The first kappa shape index (κ1) is 11.4. The van der Waals surface area contributed by atoms with Crippen molar-refractivity contribution in [3.05, 3.63) is 47.5 Å². The molecule has 1 aliphatic carbocycles. The van der Waals surface area contributed by atoms with Gasteiger partial charge in [-0.1, -0.05) is 6.07 Å². The Morgan fingerprint density at radius 3 is 2.83 bits per heavy atom. The molecule has 4 heteroatoms. The van der Waals surface area contributed by atoms with Crippen molar-refractivity contribution in [1.29, 1.82) is 0 Å². The number of nitrogens with two attached hydrogens (primary N) is 1. The fourth-order valence-electron chi connectivity index (χ4n) is 2.20. The molecular formula is C14H16FN3. The van der Waals surface area contributed by atoms with Gasteiger partial charge in [-0.15, -0.1) is 0 Å². The van der Waals surface area contributed by atoms with Crippen LogP contribution in [-0.2, 0) is 6.42 Å². The van der Waals surface area contributed by atoms with Gasteiger partial charge in [-0.3, -0.25) is 0 Å². The maximum absolute atomic E-state index is 13.3. The first-order valence-corrected chi connectivity index (χ1v) is 6.33. The quantitative estimate of drug-likeness (QED) is 0.898. The molecule has 0 bridgehead atoms. The maximum Gasteiger partial charge on any atom is 0.125 e. The van der Waals surface area contributed by atoms with Gasteiger partial charge < -0.3 is 5.73 Å². The Kier molecular flexibility index (Phi) is 2.88. The van der Waals surface area contributed by atoms with E-state index in [1.165, 1.54) is 30.7 Å². The van der Waals surface area contributed by atoms with Gasteiger partial charge in [-0.2, -0.15) is 5.10 Å². The van der Waals surface area contributed by atoms with Crippen LogP contribution in [0.25, 0.3) is 5.69 Å². The summed E-state index contributed by atoms with van der Waals surface area (Å²) in [4.78, 5) is 0. The number of benzene rings is 1. The summed E-state index contributed by atoms with van der Waals surface area (Å²) in [6.07, 6.45) is 3.16. The predicted octanol–water partition coefficient (Wildman–Crippen LogP) is 2.39. The van der Waals surface area contributed by atoms with Crippen molar-refractivity contribution in [1.82, 2.24) is 9.78 Å². The summed E-state index contributed by atoms with van der Waals surface area (Å²) in [6.45, 7) is 0.588. The van der Waals surface area contributed by atoms with Crippen molar-refractivity contribution in [2.45, 2.75) is 25.2 Å². The van der Waals surface area contributed by atoms with Gasteiger partial charge in [0, 0.05) is 18.0 Å². The van der Waals surface area contributed by atoms with E-state index in [4.69, 9.17) is 5.73 Å². The van der Waals surface area contributed by atoms with Crippen LogP contribution < -0.4 is 5.73 Å². The number of aromatic nitrogens is 2. The zero-order chi connectivity index (χ0) is 12.5. The molecule has 0 aliphatic heterocycles. The molecule has 3 rings (SSSR count). The predicted molar refractivity (Wildman–Crippen MR) is 68.3 cm³/mol. The van der Waals surface area contributed by atoms with Crippen molar-refractivity contribution < 1.29 is 4.39 Å². The van der Waals surface area contributed by atoms with Crippen LogP contribution in [0.4, 0.5) is 4.39 Å². The monoisotopic (exact) mass is 245 g/mol. The molecule has 18 heavy (non-hydrogen) atoms. The van der Waals surface area contributed by atoms with E-state index in [1.54, 1.807) is 6.07 Å². The molecule has 1 fully saturated rings. The standard InChI is InChI=1S/C14H16FN3/c15-11-2-1-3-13(8-11)18-14(10-4-5-10)9-12(17-18)6-7-16/h1-3,8-10H,4-7,16H2. The second-order valence-corrected chi connectivity index (χ2v) is 4.77. The number of hydrogen-bond donors (Lipinski definition) is 1.